The van der Waals surface area contributed by atoms with Crippen LogP contribution in [0.15, 0.2) is 0 Å². The van der Waals surface area contributed by atoms with E-state index in [0.717, 1.165) is 39.0 Å². The smallest absolute Gasteiger partial charge is 0.0620 e. The van der Waals surface area contributed by atoms with Gasteiger partial charge < -0.3 is 15.2 Å². The normalized spacial score (nSPS) is 42.0. The van der Waals surface area contributed by atoms with Crippen LogP contribution < -0.4 is 5.32 Å². The molecule has 1 saturated heterocycles. The molecule has 1 aliphatic carbocycles. The molecule has 2 aliphatic rings. The summed E-state index contributed by atoms with van der Waals surface area (Å²) in [5, 5.41) is 13.6. The van der Waals surface area contributed by atoms with E-state index >= 15 is 0 Å². The van der Waals surface area contributed by atoms with Gasteiger partial charge in [0.1, 0.15) is 0 Å². The summed E-state index contributed by atoms with van der Waals surface area (Å²) < 4.78 is 5.33. The van der Waals surface area contributed by atoms with E-state index in [0.29, 0.717) is 6.04 Å². The molecular formula is C12H23NO2. The van der Waals surface area contributed by atoms with Gasteiger partial charge in [0.2, 0.25) is 0 Å². The van der Waals surface area contributed by atoms with E-state index in [-0.39, 0.29) is 11.5 Å². The van der Waals surface area contributed by atoms with Crippen LogP contribution in [-0.4, -0.2) is 37.0 Å². The van der Waals surface area contributed by atoms with Gasteiger partial charge in [-0.15, -0.1) is 0 Å². The first-order valence-electron chi connectivity index (χ1n) is 6.20. The first-order chi connectivity index (χ1) is 7.21. The molecule has 0 radical (unpaired) electrons. The van der Waals surface area contributed by atoms with Gasteiger partial charge in [-0.3, -0.25) is 0 Å². The van der Waals surface area contributed by atoms with E-state index in [1.807, 2.05) is 0 Å². The fourth-order valence-electron chi connectivity index (χ4n) is 2.66. The highest BCUT2D eigenvalue weighted by Crippen LogP contribution is 2.35. The molecule has 3 unspecified atom stereocenters. The second-order valence-electron chi connectivity index (χ2n) is 5.36. The van der Waals surface area contributed by atoms with E-state index in [4.69, 9.17) is 4.74 Å². The maximum Gasteiger partial charge on any atom is 0.0620 e. The summed E-state index contributed by atoms with van der Waals surface area (Å²) in [4.78, 5) is 0. The Hall–Kier alpha value is -0.120. The Kier molecular flexibility index (Phi) is 3.65. The Labute approximate surface area is 92.2 Å². The van der Waals surface area contributed by atoms with Gasteiger partial charge in [-0.05, 0) is 19.3 Å². The maximum atomic E-state index is 10.0. The number of ether oxygens (including phenoxy) is 1. The molecule has 0 aromatic carbocycles. The highest BCUT2D eigenvalue weighted by atomic mass is 16.5. The van der Waals surface area contributed by atoms with Gasteiger partial charge in [0.15, 0.2) is 0 Å². The molecule has 1 aliphatic heterocycles. The SMILES string of the molecule is CC1(CNC2CCOC2)CCCCC1O. The van der Waals surface area contributed by atoms with E-state index < -0.39 is 0 Å². The molecule has 88 valence electrons. The summed E-state index contributed by atoms with van der Waals surface area (Å²) in [6, 6.07) is 0.510. The zero-order valence-electron chi connectivity index (χ0n) is 9.67. The molecule has 3 nitrogen and oxygen atoms in total. The largest absolute Gasteiger partial charge is 0.393 e. The molecule has 2 fully saturated rings. The third kappa shape index (κ3) is 2.71. The quantitative estimate of drug-likeness (QED) is 0.742. The van der Waals surface area contributed by atoms with Gasteiger partial charge >= 0.3 is 0 Å². The van der Waals surface area contributed by atoms with Crippen molar-refractivity contribution in [2.45, 2.75) is 51.2 Å². The van der Waals surface area contributed by atoms with Crippen LogP contribution in [0.2, 0.25) is 0 Å². The van der Waals surface area contributed by atoms with Crippen molar-refractivity contribution in [3.63, 3.8) is 0 Å². The Morgan fingerprint density at radius 3 is 2.93 bits per heavy atom. The van der Waals surface area contributed by atoms with Crippen molar-refractivity contribution in [2.75, 3.05) is 19.8 Å². The number of hydrogen-bond donors (Lipinski definition) is 2. The lowest BCUT2D eigenvalue weighted by Gasteiger charge is -2.39. The van der Waals surface area contributed by atoms with Crippen LogP contribution in [-0.2, 0) is 4.74 Å². The topological polar surface area (TPSA) is 41.5 Å². The summed E-state index contributed by atoms with van der Waals surface area (Å²) in [6.07, 6.45) is 5.56. The molecule has 2 rings (SSSR count). The first-order valence-corrected chi connectivity index (χ1v) is 6.20. The van der Waals surface area contributed by atoms with Crippen molar-refractivity contribution in [1.29, 1.82) is 0 Å². The maximum absolute atomic E-state index is 10.0. The van der Waals surface area contributed by atoms with Gasteiger partial charge in [-0.2, -0.15) is 0 Å². The molecule has 3 atom stereocenters. The molecule has 2 N–H and O–H groups in total. The lowest BCUT2D eigenvalue weighted by molar-refractivity contribution is -0.000438. The minimum absolute atomic E-state index is 0.0842. The zero-order valence-corrected chi connectivity index (χ0v) is 9.67. The van der Waals surface area contributed by atoms with E-state index in [1.54, 1.807) is 0 Å². The van der Waals surface area contributed by atoms with E-state index in [2.05, 4.69) is 12.2 Å². The van der Waals surface area contributed by atoms with Crippen molar-refractivity contribution in [2.24, 2.45) is 5.41 Å². The molecule has 15 heavy (non-hydrogen) atoms. The van der Waals surface area contributed by atoms with Crippen molar-refractivity contribution in [3.05, 3.63) is 0 Å². The van der Waals surface area contributed by atoms with Crippen LogP contribution in [0.3, 0.4) is 0 Å². The standard InChI is InChI=1S/C12H23NO2/c1-12(6-3-2-4-11(12)14)9-13-10-5-7-15-8-10/h10-11,13-14H,2-9H2,1H3. The van der Waals surface area contributed by atoms with Crippen LogP contribution in [0.5, 0.6) is 0 Å². The number of aliphatic hydroxyl groups excluding tert-OH is 1. The Morgan fingerprint density at radius 1 is 1.40 bits per heavy atom. The molecule has 0 bridgehead atoms. The second kappa shape index (κ2) is 4.81. The van der Waals surface area contributed by atoms with Gasteiger partial charge in [0, 0.05) is 24.6 Å². The third-order valence-corrected chi connectivity index (χ3v) is 4.00. The molecule has 0 aromatic heterocycles. The predicted octanol–water partition coefficient (Wildman–Crippen LogP) is 1.31. The Morgan fingerprint density at radius 2 is 2.27 bits per heavy atom. The molecule has 3 heteroatoms. The van der Waals surface area contributed by atoms with Crippen molar-refractivity contribution in [1.82, 2.24) is 5.32 Å². The summed E-state index contributed by atoms with van der Waals surface area (Å²) in [7, 11) is 0. The second-order valence-corrected chi connectivity index (χ2v) is 5.36. The van der Waals surface area contributed by atoms with Crippen LogP contribution >= 0.6 is 0 Å². The van der Waals surface area contributed by atoms with Crippen molar-refractivity contribution >= 4 is 0 Å². The fourth-order valence-corrected chi connectivity index (χ4v) is 2.66. The molecular weight excluding hydrogens is 190 g/mol. The number of nitrogens with one attached hydrogen (secondary N) is 1. The average molecular weight is 213 g/mol. The number of rotatable bonds is 3. The lowest BCUT2D eigenvalue weighted by atomic mass is 9.73. The minimum Gasteiger partial charge on any atom is -0.393 e. The fraction of sp³-hybridized carbons (Fsp3) is 1.00. The Bertz CT molecular complexity index is 204. The van der Waals surface area contributed by atoms with Crippen molar-refractivity contribution in [3.8, 4) is 0 Å². The summed E-state index contributed by atoms with van der Waals surface area (Å²) in [5.74, 6) is 0. The van der Waals surface area contributed by atoms with Gasteiger partial charge in [0.25, 0.3) is 0 Å². The number of hydrogen-bond acceptors (Lipinski definition) is 3. The first kappa shape index (κ1) is 11.4. The third-order valence-electron chi connectivity index (χ3n) is 4.00. The predicted molar refractivity (Wildman–Crippen MR) is 59.8 cm³/mol. The molecule has 0 aromatic rings. The molecule has 1 heterocycles. The van der Waals surface area contributed by atoms with Crippen molar-refractivity contribution < 1.29 is 9.84 Å². The van der Waals surface area contributed by atoms with Crippen LogP contribution in [0, 0.1) is 5.41 Å². The van der Waals surface area contributed by atoms with Crippen LogP contribution in [0.25, 0.3) is 0 Å². The number of aliphatic hydroxyl groups is 1. The van der Waals surface area contributed by atoms with Crippen LogP contribution in [0.4, 0.5) is 0 Å². The van der Waals surface area contributed by atoms with E-state index in [9.17, 15) is 5.11 Å². The zero-order chi connectivity index (χ0) is 10.7. The summed E-state index contributed by atoms with van der Waals surface area (Å²) in [5.41, 5.74) is 0.0842. The lowest BCUT2D eigenvalue weighted by Crippen LogP contribution is -2.46. The Balaban J connectivity index is 1.80. The van der Waals surface area contributed by atoms with Gasteiger partial charge in [-0.25, -0.2) is 0 Å². The molecule has 0 amide bonds. The molecule has 0 spiro atoms. The highest BCUT2D eigenvalue weighted by molar-refractivity contribution is 4.89. The van der Waals surface area contributed by atoms with Gasteiger partial charge in [0.05, 0.1) is 12.7 Å². The minimum atomic E-state index is -0.124. The average Bonchev–Trinajstić information content (AvgIpc) is 2.73. The summed E-state index contributed by atoms with van der Waals surface area (Å²) in [6.45, 7) is 4.87. The van der Waals surface area contributed by atoms with E-state index in [1.165, 1.54) is 12.8 Å². The highest BCUT2D eigenvalue weighted by Gasteiger charge is 2.35. The van der Waals surface area contributed by atoms with Gasteiger partial charge in [-0.1, -0.05) is 19.8 Å². The summed E-state index contributed by atoms with van der Waals surface area (Å²) >= 11 is 0. The molecule has 1 saturated carbocycles. The monoisotopic (exact) mass is 213 g/mol. The van der Waals surface area contributed by atoms with Crippen LogP contribution in [0.1, 0.15) is 39.0 Å².